The maximum atomic E-state index is 12.7. The van der Waals surface area contributed by atoms with Crippen molar-refractivity contribution in [2.75, 3.05) is 6.61 Å². The lowest BCUT2D eigenvalue weighted by molar-refractivity contribution is -0.130. The standard InChI is InChI=1S/C19H13IN2O5/c1-2-7-27-16-6-5-12(10-15(16)20)9-14-17(23)21-19(25)22(18(14)24)11-13-4-3-8-26-13/h1,3-6,8-10H,7,11H2,(H,21,23,25). The number of terminal acetylenes is 1. The van der Waals surface area contributed by atoms with Gasteiger partial charge in [-0.3, -0.25) is 19.8 Å². The largest absolute Gasteiger partial charge is 0.480 e. The van der Waals surface area contributed by atoms with Crippen LogP contribution in [0.25, 0.3) is 6.08 Å². The van der Waals surface area contributed by atoms with Crippen LogP contribution in [0.5, 0.6) is 5.75 Å². The molecule has 1 aliphatic rings. The van der Waals surface area contributed by atoms with Crippen LogP contribution in [0.1, 0.15) is 11.3 Å². The summed E-state index contributed by atoms with van der Waals surface area (Å²) in [6.45, 7) is 0.0693. The highest BCUT2D eigenvalue weighted by Crippen LogP contribution is 2.24. The highest BCUT2D eigenvalue weighted by Gasteiger charge is 2.36. The van der Waals surface area contributed by atoms with Crippen molar-refractivity contribution in [3.05, 3.63) is 57.1 Å². The topological polar surface area (TPSA) is 88.8 Å². The molecular formula is C19H13IN2O5. The van der Waals surface area contributed by atoms with E-state index in [1.54, 1.807) is 30.3 Å². The van der Waals surface area contributed by atoms with Crippen LogP contribution in [0.4, 0.5) is 4.79 Å². The molecule has 7 nitrogen and oxygen atoms in total. The Labute approximate surface area is 168 Å². The second-order valence-corrected chi connectivity index (χ2v) is 6.63. The highest BCUT2D eigenvalue weighted by molar-refractivity contribution is 14.1. The van der Waals surface area contributed by atoms with E-state index in [2.05, 4.69) is 33.8 Å². The zero-order valence-corrected chi connectivity index (χ0v) is 16.1. The number of rotatable bonds is 5. The van der Waals surface area contributed by atoms with Crippen LogP contribution in [0.3, 0.4) is 0 Å². The maximum Gasteiger partial charge on any atom is 0.331 e. The van der Waals surface area contributed by atoms with Gasteiger partial charge < -0.3 is 9.15 Å². The lowest BCUT2D eigenvalue weighted by Gasteiger charge is -2.25. The summed E-state index contributed by atoms with van der Waals surface area (Å²) in [4.78, 5) is 37.7. The lowest BCUT2D eigenvalue weighted by Crippen LogP contribution is -2.53. The first-order valence-electron chi connectivity index (χ1n) is 7.76. The molecule has 1 aliphatic heterocycles. The second-order valence-electron chi connectivity index (χ2n) is 5.47. The predicted molar refractivity (Wildman–Crippen MR) is 104 cm³/mol. The van der Waals surface area contributed by atoms with E-state index in [4.69, 9.17) is 15.6 Å². The number of imide groups is 2. The molecule has 8 heteroatoms. The van der Waals surface area contributed by atoms with Gasteiger partial charge >= 0.3 is 6.03 Å². The van der Waals surface area contributed by atoms with Gasteiger partial charge in [-0.05, 0) is 58.5 Å². The normalized spacial score (nSPS) is 15.6. The van der Waals surface area contributed by atoms with Gasteiger partial charge in [0.1, 0.15) is 23.7 Å². The van der Waals surface area contributed by atoms with Crippen LogP contribution in [0.2, 0.25) is 0 Å². The van der Waals surface area contributed by atoms with Gasteiger partial charge in [0.05, 0.1) is 16.4 Å². The van der Waals surface area contributed by atoms with E-state index in [0.717, 1.165) is 8.47 Å². The lowest BCUT2D eigenvalue weighted by atomic mass is 10.1. The van der Waals surface area contributed by atoms with Crippen molar-refractivity contribution in [2.24, 2.45) is 0 Å². The van der Waals surface area contributed by atoms with Gasteiger partial charge in [-0.1, -0.05) is 12.0 Å². The quantitative estimate of drug-likeness (QED) is 0.310. The monoisotopic (exact) mass is 476 g/mol. The van der Waals surface area contributed by atoms with Crippen molar-refractivity contribution < 1.29 is 23.5 Å². The van der Waals surface area contributed by atoms with E-state index in [0.29, 0.717) is 17.1 Å². The summed E-state index contributed by atoms with van der Waals surface area (Å²) in [5, 5.41) is 2.17. The van der Waals surface area contributed by atoms with Crippen molar-refractivity contribution in [2.45, 2.75) is 6.54 Å². The fourth-order valence-corrected chi connectivity index (χ4v) is 3.10. The maximum absolute atomic E-state index is 12.7. The minimum atomic E-state index is -0.786. The molecule has 0 unspecified atom stereocenters. The summed E-state index contributed by atoms with van der Waals surface area (Å²) in [7, 11) is 0. The van der Waals surface area contributed by atoms with E-state index in [9.17, 15) is 14.4 Å². The predicted octanol–water partition coefficient (Wildman–Crippen LogP) is 2.56. The van der Waals surface area contributed by atoms with Crippen LogP contribution in [0, 0.1) is 15.9 Å². The number of nitrogens with zero attached hydrogens (tertiary/aromatic N) is 1. The number of halogens is 1. The Kier molecular flexibility index (Phi) is 5.61. The number of amides is 4. The van der Waals surface area contributed by atoms with Gasteiger partial charge in [0, 0.05) is 0 Å². The van der Waals surface area contributed by atoms with Gasteiger partial charge in [-0.15, -0.1) is 6.42 Å². The third-order valence-electron chi connectivity index (χ3n) is 3.66. The molecule has 2 aromatic rings. The SMILES string of the molecule is C#CCOc1ccc(C=C2C(=O)NC(=O)N(Cc3ccco3)C2=O)cc1I. The summed E-state index contributed by atoms with van der Waals surface area (Å²) in [6.07, 6.45) is 8.04. The molecule has 0 bridgehead atoms. The summed E-state index contributed by atoms with van der Waals surface area (Å²) in [5.74, 6) is 1.97. The molecule has 0 spiro atoms. The highest BCUT2D eigenvalue weighted by atomic mass is 127. The number of nitrogens with one attached hydrogen (secondary N) is 1. The third kappa shape index (κ3) is 4.20. The molecule has 136 valence electrons. The molecule has 0 radical (unpaired) electrons. The Morgan fingerprint density at radius 3 is 2.78 bits per heavy atom. The summed E-state index contributed by atoms with van der Waals surface area (Å²) in [5.41, 5.74) is 0.465. The number of hydrogen-bond acceptors (Lipinski definition) is 5. The van der Waals surface area contributed by atoms with Gasteiger partial charge in [0.15, 0.2) is 0 Å². The average molecular weight is 476 g/mol. The van der Waals surface area contributed by atoms with Crippen molar-refractivity contribution >= 4 is 46.5 Å². The molecule has 0 atom stereocenters. The number of carbonyl (C=O) groups is 3. The summed E-state index contributed by atoms with van der Waals surface area (Å²) < 4.78 is 11.3. The minimum Gasteiger partial charge on any atom is -0.480 e. The molecule has 1 aromatic carbocycles. The Hall–Kier alpha value is -3.06. The first-order valence-corrected chi connectivity index (χ1v) is 8.84. The van der Waals surface area contributed by atoms with Crippen LogP contribution in [-0.4, -0.2) is 29.4 Å². The average Bonchev–Trinajstić information content (AvgIpc) is 3.15. The van der Waals surface area contributed by atoms with Crippen LogP contribution < -0.4 is 10.1 Å². The molecule has 4 amide bonds. The molecular weight excluding hydrogens is 463 g/mol. The summed E-state index contributed by atoms with van der Waals surface area (Å²) >= 11 is 2.07. The van der Waals surface area contributed by atoms with Crippen molar-refractivity contribution in [1.82, 2.24) is 10.2 Å². The number of hydrogen-bond donors (Lipinski definition) is 1. The Bertz CT molecular complexity index is 972. The molecule has 1 saturated heterocycles. The minimum absolute atomic E-state index is 0.0707. The third-order valence-corrected chi connectivity index (χ3v) is 4.50. The van der Waals surface area contributed by atoms with Gasteiger partial charge in [-0.25, -0.2) is 4.79 Å². The van der Waals surface area contributed by atoms with E-state index in [-0.39, 0.29) is 18.7 Å². The number of urea groups is 1. The number of carbonyl (C=O) groups excluding carboxylic acids is 3. The Morgan fingerprint density at radius 2 is 2.11 bits per heavy atom. The number of benzene rings is 1. The van der Waals surface area contributed by atoms with Gasteiger partial charge in [0.2, 0.25) is 0 Å². The fraction of sp³-hybridized carbons (Fsp3) is 0.105. The molecule has 27 heavy (non-hydrogen) atoms. The molecule has 2 heterocycles. The van der Waals surface area contributed by atoms with Crippen molar-refractivity contribution in [1.29, 1.82) is 0 Å². The molecule has 1 aromatic heterocycles. The van der Waals surface area contributed by atoms with Crippen molar-refractivity contribution in [3.8, 4) is 18.1 Å². The number of ether oxygens (including phenoxy) is 1. The first kappa shape index (κ1) is 18.7. The molecule has 1 fully saturated rings. The summed E-state index contributed by atoms with van der Waals surface area (Å²) in [6, 6.07) is 7.63. The van der Waals surface area contributed by atoms with Crippen LogP contribution in [-0.2, 0) is 16.1 Å². The van der Waals surface area contributed by atoms with Crippen LogP contribution in [0.15, 0.2) is 46.6 Å². The van der Waals surface area contributed by atoms with E-state index < -0.39 is 17.8 Å². The fourth-order valence-electron chi connectivity index (χ4n) is 2.41. The van der Waals surface area contributed by atoms with Gasteiger partial charge in [-0.2, -0.15) is 0 Å². The zero-order chi connectivity index (χ0) is 19.4. The van der Waals surface area contributed by atoms with Gasteiger partial charge in [0.25, 0.3) is 11.8 Å². The van der Waals surface area contributed by atoms with E-state index in [1.165, 1.54) is 12.3 Å². The second kappa shape index (κ2) is 8.09. The number of furan rings is 1. The van der Waals surface area contributed by atoms with E-state index in [1.807, 2.05) is 0 Å². The molecule has 0 saturated carbocycles. The Balaban J connectivity index is 1.86. The smallest absolute Gasteiger partial charge is 0.331 e. The number of barbiturate groups is 1. The molecule has 3 rings (SSSR count). The molecule has 0 aliphatic carbocycles. The first-order chi connectivity index (χ1) is 13.0. The van der Waals surface area contributed by atoms with Crippen LogP contribution >= 0.6 is 22.6 Å². The zero-order valence-electron chi connectivity index (χ0n) is 13.9. The Morgan fingerprint density at radius 1 is 1.30 bits per heavy atom. The molecule has 1 N–H and O–H groups in total. The van der Waals surface area contributed by atoms with Crippen molar-refractivity contribution in [3.63, 3.8) is 0 Å². The van der Waals surface area contributed by atoms with E-state index >= 15 is 0 Å².